The molecule has 3 atom stereocenters. The Bertz CT molecular complexity index is 397. The zero-order valence-electron chi connectivity index (χ0n) is 11.7. The van der Waals surface area contributed by atoms with Crippen molar-refractivity contribution in [3.63, 3.8) is 0 Å². The molecule has 1 aliphatic rings. The summed E-state index contributed by atoms with van der Waals surface area (Å²) in [6.45, 7) is 2.49. The lowest BCUT2D eigenvalue weighted by molar-refractivity contribution is -0.145. The van der Waals surface area contributed by atoms with Gasteiger partial charge < -0.3 is 4.74 Å². The summed E-state index contributed by atoms with van der Waals surface area (Å²) in [7, 11) is -2.12. The van der Waals surface area contributed by atoms with Crippen molar-refractivity contribution in [2.45, 2.75) is 43.1 Å². The van der Waals surface area contributed by atoms with E-state index in [0.717, 1.165) is 12.8 Å². The molecule has 0 aliphatic heterocycles. The van der Waals surface area contributed by atoms with Gasteiger partial charge in [0.05, 0.1) is 18.3 Å². The lowest BCUT2D eigenvalue weighted by Gasteiger charge is -2.19. The van der Waals surface area contributed by atoms with E-state index in [-0.39, 0.29) is 0 Å². The van der Waals surface area contributed by atoms with Gasteiger partial charge in [-0.25, -0.2) is 13.1 Å². The average Bonchev–Trinajstić information content (AvgIpc) is 2.87. The third-order valence-electron chi connectivity index (χ3n) is 3.61. The van der Waals surface area contributed by atoms with Crippen LogP contribution < -0.4 is 4.72 Å². The van der Waals surface area contributed by atoms with E-state index in [1.54, 1.807) is 11.8 Å². The molecule has 112 valence electrons. The van der Waals surface area contributed by atoms with E-state index >= 15 is 0 Å². The number of nitrogens with one attached hydrogen (secondary N) is 1. The van der Waals surface area contributed by atoms with Gasteiger partial charge in [-0.15, -0.1) is 0 Å². The number of hydrogen-bond donors (Lipinski definition) is 1. The number of rotatable bonds is 7. The summed E-state index contributed by atoms with van der Waals surface area (Å²) >= 11 is 1.71. The van der Waals surface area contributed by atoms with Gasteiger partial charge in [-0.2, -0.15) is 11.8 Å². The van der Waals surface area contributed by atoms with Crippen molar-refractivity contribution in [1.29, 1.82) is 0 Å². The van der Waals surface area contributed by atoms with Crippen molar-refractivity contribution in [1.82, 2.24) is 4.72 Å². The highest BCUT2D eigenvalue weighted by Crippen LogP contribution is 2.31. The first-order valence-corrected chi connectivity index (χ1v) is 9.35. The van der Waals surface area contributed by atoms with Crippen LogP contribution in [0.15, 0.2) is 0 Å². The van der Waals surface area contributed by atoms with Gasteiger partial charge in [-0.3, -0.25) is 4.79 Å². The van der Waals surface area contributed by atoms with Gasteiger partial charge in [0.15, 0.2) is 0 Å². The maximum Gasteiger partial charge on any atom is 0.310 e. The van der Waals surface area contributed by atoms with Crippen LogP contribution >= 0.6 is 11.8 Å². The molecule has 0 aromatic carbocycles. The number of ether oxygens (including phenoxy) is 1. The van der Waals surface area contributed by atoms with Crippen LogP contribution in [-0.2, 0) is 19.6 Å². The molecule has 1 saturated carbocycles. The minimum absolute atomic E-state index is 0.412. The Morgan fingerprint density at radius 1 is 1.47 bits per heavy atom. The molecule has 0 spiro atoms. The molecule has 0 aromatic heterocycles. The Morgan fingerprint density at radius 2 is 2.16 bits per heavy atom. The monoisotopic (exact) mass is 309 g/mol. The molecule has 1 fully saturated rings. The van der Waals surface area contributed by atoms with Gasteiger partial charge in [0.2, 0.25) is 10.0 Å². The summed E-state index contributed by atoms with van der Waals surface area (Å²) < 4.78 is 31.7. The van der Waals surface area contributed by atoms with Crippen LogP contribution in [0.25, 0.3) is 0 Å². The van der Waals surface area contributed by atoms with Crippen LogP contribution in [0.4, 0.5) is 0 Å². The maximum absolute atomic E-state index is 12.2. The van der Waals surface area contributed by atoms with E-state index in [4.69, 9.17) is 0 Å². The van der Waals surface area contributed by atoms with Gasteiger partial charge in [-0.1, -0.05) is 13.3 Å². The molecule has 0 aromatic rings. The Kier molecular flexibility index (Phi) is 6.62. The van der Waals surface area contributed by atoms with E-state index in [1.807, 2.05) is 6.26 Å². The molecule has 1 N–H and O–H groups in total. The van der Waals surface area contributed by atoms with E-state index in [2.05, 4.69) is 16.4 Å². The van der Waals surface area contributed by atoms with E-state index in [0.29, 0.717) is 24.6 Å². The highest BCUT2D eigenvalue weighted by Gasteiger charge is 2.41. The van der Waals surface area contributed by atoms with Gasteiger partial charge >= 0.3 is 5.97 Å². The molecular weight excluding hydrogens is 286 g/mol. The third-order valence-corrected chi connectivity index (χ3v) is 6.62. The zero-order chi connectivity index (χ0) is 14.5. The van der Waals surface area contributed by atoms with Crippen LogP contribution in [-0.4, -0.2) is 44.8 Å². The summed E-state index contributed by atoms with van der Waals surface area (Å²) in [5, 5.41) is -0.216. The molecule has 5 nitrogen and oxygen atoms in total. The molecule has 1 aliphatic carbocycles. The predicted octanol–water partition coefficient (Wildman–Crippen LogP) is 1.39. The fourth-order valence-corrected chi connectivity index (χ4v) is 4.47. The lowest BCUT2D eigenvalue weighted by atomic mass is 10.1. The fraction of sp³-hybridized carbons (Fsp3) is 0.917. The number of esters is 1. The number of carbonyl (C=O) groups is 1. The van der Waals surface area contributed by atoms with E-state index in [1.165, 1.54) is 7.11 Å². The van der Waals surface area contributed by atoms with Crippen molar-refractivity contribution in [3.8, 4) is 0 Å². The van der Waals surface area contributed by atoms with Crippen molar-refractivity contribution < 1.29 is 17.9 Å². The van der Waals surface area contributed by atoms with Crippen LogP contribution in [0, 0.1) is 5.92 Å². The van der Waals surface area contributed by atoms with Crippen molar-refractivity contribution in [2.75, 3.05) is 19.9 Å². The summed E-state index contributed by atoms with van der Waals surface area (Å²) in [6, 6.07) is 0. The Morgan fingerprint density at radius 3 is 2.74 bits per heavy atom. The second-order valence-corrected chi connectivity index (χ2v) is 8.13. The molecule has 7 heteroatoms. The number of thioether (sulfide) groups is 1. The van der Waals surface area contributed by atoms with E-state index in [9.17, 15) is 13.2 Å². The van der Waals surface area contributed by atoms with Gasteiger partial charge in [-0.05, 0) is 25.5 Å². The molecule has 0 heterocycles. The van der Waals surface area contributed by atoms with Crippen LogP contribution in [0.1, 0.15) is 32.6 Å². The molecule has 3 unspecified atom stereocenters. The molecular formula is C12H23NO4S2. The summed E-state index contributed by atoms with van der Waals surface area (Å²) in [4.78, 5) is 11.6. The van der Waals surface area contributed by atoms with Gasteiger partial charge in [0.25, 0.3) is 0 Å². The second-order valence-electron chi connectivity index (χ2n) is 4.87. The topological polar surface area (TPSA) is 72.5 Å². The SMILES string of the molecule is COC(=O)C1CCCC1S(=O)(=O)NCCC(C)SC. The number of hydrogen-bond acceptors (Lipinski definition) is 5. The summed E-state index contributed by atoms with van der Waals surface area (Å²) in [5.41, 5.74) is 0. The highest BCUT2D eigenvalue weighted by molar-refractivity contribution is 7.99. The second kappa shape index (κ2) is 7.50. The summed E-state index contributed by atoms with van der Waals surface area (Å²) in [6.07, 6.45) is 4.68. The Hall–Kier alpha value is -0.270. The maximum atomic E-state index is 12.2. The minimum Gasteiger partial charge on any atom is -0.469 e. The average molecular weight is 309 g/mol. The largest absolute Gasteiger partial charge is 0.469 e. The van der Waals surface area contributed by atoms with Crippen molar-refractivity contribution in [3.05, 3.63) is 0 Å². The lowest BCUT2D eigenvalue weighted by Crippen LogP contribution is -2.40. The molecule has 1 rings (SSSR count). The number of sulfonamides is 1. The smallest absolute Gasteiger partial charge is 0.310 e. The number of methoxy groups -OCH3 is 1. The molecule has 0 bridgehead atoms. The molecule has 0 saturated heterocycles. The highest BCUT2D eigenvalue weighted by atomic mass is 32.2. The normalized spacial score (nSPS) is 25.2. The standard InChI is InChI=1S/C12H23NO4S2/c1-9(18-3)7-8-13-19(15,16)11-6-4-5-10(11)12(14)17-2/h9-11,13H,4-8H2,1-3H3. The first-order valence-electron chi connectivity index (χ1n) is 6.51. The van der Waals surface area contributed by atoms with Crippen molar-refractivity contribution >= 4 is 27.8 Å². The number of carbonyl (C=O) groups excluding carboxylic acids is 1. The first kappa shape index (κ1) is 16.8. The fourth-order valence-electron chi connectivity index (χ4n) is 2.35. The molecule has 19 heavy (non-hydrogen) atoms. The third kappa shape index (κ3) is 4.65. The Balaban J connectivity index is 2.58. The summed E-state index contributed by atoms with van der Waals surface area (Å²) in [5.74, 6) is -0.925. The quantitative estimate of drug-likeness (QED) is 0.720. The zero-order valence-corrected chi connectivity index (χ0v) is 13.4. The van der Waals surface area contributed by atoms with Crippen LogP contribution in [0.2, 0.25) is 0 Å². The van der Waals surface area contributed by atoms with Crippen LogP contribution in [0.5, 0.6) is 0 Å². The molecule has 0 amide bonds. The van der Waals surface area contributed by atoms with Crippen molar-refractivity contribution in [2.24, 2.45) is 5.92 Å². The van der Waals surface area contributed by atoms with Gasteiger partial charge in [0, 0.05) is 11.8 Å². The first-order chi connectivity index (χ1) is 8.92. The van der Waals surface area contributed by atoms with E-state index < -0.39 is 27.2 Å². The van der Waals surface area contributed by atoms with Gasteiger partial charge in [0.1, 0.15) is 0 Å². The Labute approximate surface area is 119 Å². The van der Waals surface area contributed by atoms with Crippen LogP contribution in [0.3, 0.4) is 0 Å². The minimum atomic E-state index is -3.43. The predicted molar refractivity (Wildman–Crippen MR) is 77.7 cm³/mol. The molecule has 0 radical (unpaired) electrons.